The van der Waals surface area contributed by atoms with Crippen molar-refractivity contribution in [1.29, 1.82) is 0 Å². The summed E-state index contributed by atoms with van der Waals surface area (Å²) < 4.78 is 0. The van der Waals surface area contributed by atoms with Crippen molar-refractivity contribution in [3.05, 3.63) is 23.9 Å². The molecule has 1 atom stereocenters. The molecule has 0 bridgehead atoms. The summed E-state index contributed by atoms with van der Waals surface area (Å²) in [5.74, 6) is 1.17. The summed E-state index contributed by atoms with van der Waals surface area (Å²) in [5.41, 5.74) is 1.81. The zero-order valence-corrected chi connectivity index (χ0v) is 12.7. The van der Waals surface area contributed by atoms with Gasteiger partial charge in [-0.2, -0.15) is 0 Å². The van der Waals surface area contributed by atoms with E-state index in [1.807, 2.05) is 12.3 Å². The zero-order valence-electron chi connectivity index (χ0n) is 12.7. The number of aromatic nitrogens is 1. The molecule has 1 fully saturated rings. The summed E-state index contributed by atoms with van der Waals surface area (Å²) >= 11 is 0. The highest BCUT2D eigenvalue weighted by molar-refractivity contribution is 5.48. The Bertz CT molecular complexity index is 404. The molecule has 1 aliphatic rings. The van der Waals surface area contributed by atoms with Crippen LogP contribution in [0.1, 0.15) is 52.1 Å². The quantitative estimate of drug-likeness (QED) is 0.900. The van der Waals surface area contributed by atoms with Gasteiger partial charge in [-0.05, 0) is 37.8 Å². The van der Waals surface area contributed by atoms with Crippen molar-refractivity contribution >= 4 is 5.82 Å². The van der Waals surface area contributed by atoms with Crippen molar-refractivity contribution in [3.63, 3.8) is 0 Å². The lowest BCUT2D eigenvalue weighted by molar-refractivity contribution is 0.278. The molecule has 1 aromatic heterocycles. The van der Waals surface area contributed by atoms with Gasteiger partial charge in [-0.15, -0.1) is 0 Å². The van der Waals surface area contributed by atoms with E-state index in [0.29, 0.717) is 11.5 Å². The van der Waals surface area contributed by atoms with Crippen molar-refractivity contribution in [2.75, 3.05) is 24.5 Å². The number of anilines is 1. The fourth-order valence-corrected chi connectivity index (χ4v) is 2.75. The standard InChI is InChI=1S/C16H27N3/c1-5-17-13(2)14-7-6-10-18-15(14)19-11-8-16(3,4)9-12-19/h6-7,10,13,17H,5,8-9,11-12H2,1-4H3. The summed E-state index contributed by atoms with van der Waals surface area (Å²) in [6.45, 7) is 12.3. The van der Waals surface area contributed by atoms with Crippen LogP contribution in [-0.2, 0) is 0 Å². The molecular formula is C16H27N3. The summed E-state index contributed by atoms with van der Waals surface area (Å²) in [4.78, 5) is 7.09. The van der Waals surface area contributed by atoms with Gasteiger partial charge in [-0.1, -0.05) is 26.8 Å². The number of piperidine rings is 1. The smallest absolute Gasteiger partial charge is 0.133 e. The molecule has 106 valence electrons. The molecule has 2 rings (SSSR count). The van der Waals surface area contributed by atoms with Crippen molar-refractivity contribution in [2.24, 2.45) is 5.41 Å². The van der Waals surface area contributed by atoms with Crippen molar-refractivity contribution in [3.8, 4) is 0 Å². The Hall–Kier alpha value is -1.09. The van der Waals surface area contributed by atoms with E-state index in [2.05, 4.69) is 49.0 Å². The molecular weight excluding hydrogens is 234 g/mol. The zero-order chi connectivity index (χ0) is 13.9. The van der Waals surface area contributed by atoms with E-state index < -0.39 is 0 Å². The SMILES string of the molecule is CCNC(C)c1cccnc1N1CCC(C)(C)CC1. The largest absolute Gasteiger partial charge is 0.356 e. The van der Waals surface area contributed by atoms with E-state index in [1.165, 1.54) is 24.2 Å². The molecule has 1 aromatic rings. The third kappa shape index (κ3) is 3.47. The predicted molar refractivity (Wildman–Crippen MR) is 81.6 cm³/mol. The molecule has 0 aromatic carbocycles. The highest BCUT2D eigenvalue weighted by Crippen LogP contribution is 2.33. The van der Waals surface area contributed by atoms with Crippen LogP contribution in [0.5, 0.6) is 0 Å². The van der Waals surface area contributed by atoms with Gasteiger partial charge < -0.3 is 10.2 Å². The van der Waals surface area contributed by atoms with E-state index in [1.54, 1.807) is 0 Å². The molecule has 0 radical (unpaired) electrons. The number of nitrogens with one attached hydrogen (secondary N) is 1. The van der Waals surface area contributed by atoms with Gasteiger partial charge in [0.25, 0.3) is 0 Å². The number of hydrogen-bond acceptors (Lipinski definition) is 3. The molecule has 0 aliphatic carbocycles. The number of hydrogen-bond donors (Lipinski definition) is 1. The van der Waals surface area contributed by atoms with Crippen LogP contribution in [0, 0.1) is 5.41 Å². The third-order valence-electron chi connectivity index (χ3n) is 4.21. The fraction of sp³-hybridized carbons (Fsp3) is 0.688. The van der Waals surface area contributed by atoms with E-state index in [0.717, 1.165) is 19.6 Å². The van der Waals surface area contributed by atoms with Crippen LogP contribution >= 0.6 is 0 Å². The van der Waals surface area contributed by atoms with Gasteiger partial charge in [-0.3, -0.25) is 0 Å². The molecule has 1 saturated heterocycles. The van der Waals surface area contributed by atoms with Gasteiger partial charge in [0.15, 0.2) is 0 Å². The Kier molecular flexibility index (Phi) is 4.46. The lowest BCUT2D eigenvalue weighted by Gasteiger charge is -2.38. The topological polar surface area (TPSA) is 28.2 Å². The summed E-state index contributed by atoms with van der Waals surface area (Å²) in [6.07, 6.45) is 4.41. The summed E-state index contributed by atoms with van der Waals surface area (Å²) in [5, 5.41) is 3.49. The van der Waals surface area contributed by atoms with Gasteiger partial charge in [0.05, 0.1) is 0 Å². The Morgan fingerprint density at radius 2 is 2.05 bits per heavy atom. The molecule has 1 unspecified atom stereocenters. The van der Waals surface area contributed by atoms with Crippen LogP contribution in [0.15, 0.2) is 18.3 Å². The number of pyridine rings is 1. The first kappa shape index (κ1) is 14.3. The highest BCUT2D eigenvalue weighted by Gasteiger charge is 2.27. The first-order valence-corrected chi connectivity index (χ1v) is 7.47. The van der Waals surface area contributed by atoms with E-state index in [-0.39, 0.29) is 0 Å². The van der Waals surface area contributed by atoms with Gasteiger partial charge in [0.2, 0.25) is 0 Å². The van der Waals surface area contributed by atoms with E-state index in [9.17, 15) is 0 Å². The Morgan fingerprint density at radius 3 is 2.68 bits per heavy atom. The second-order valence-electron chi connectivity index (χ2n) is 6.35. The first-order chi connectivity index (χ1) is 9.03. The van der Waals surface area contributed by atoms with Crippen molar-refractivity contribution in [1.82, 2.24) is 10.3 Å². The number of nitrogens with zero attached hydrogens (tertiary/aromatic N) is 2. The molecule has 1 N–H and O–H groups in total. The fourth-order valence-electron chi connectivity index (χ4n) is 2.75. The first-order valence-electron chi connectivity index (χ1n) is 7.47. The molecule has 3 nitrogen and oxygen atoms in total. The third-order valence-corrected chi connectivity index (χ3v) is 4.21. The molecule has 1 aliphatic heterocycles. The summed E-state index contributed by atoms with van der Waals surface area (Å²) in [6, 6.07) is 4.61. The van der Waals surface area contributed by atoms with Crippen LogP contribution < -0.4 is 10.2 Å². The van der Waals surface area contributed by atoms with Crippen LogP contribution in [0.25, 0.3) is 0 Å². The summed E-state index contributed by atoms with van der Waals surface area (Å²) in [7, 11) is 0. The normalized spacial score (nSPS) is 20.3. The molecule has 0 saturated carbocycles. The molecule has 0 spiro atoms. The lowest BCUT2D eigenvalue weighted by atomic mass is 9.82. The van der Waals surface area contributed by atoms with E-state index in [4.69, 9.17) is 0 Å². The maximum Gasteiger partial charge on any atom is 0.133 e. The number of rotatable bonds is 4. The predicted octanol–water partition coefficient (Wildman–Crippen LogP) is 3.38. The Morgan fingerprint density at radius 1 is 1.37 bits per heavy atom. The van der Waals surface area contributed by atoms with Gasteiger partial charge in [0, 0.05) is 30.9 Å². The van der Waals surface area contributed by atoms with Crippen molar-refractivity contribution < 1.29 is 0 Å². The Labute approximate surface area is 117 Å². The monoisotopic (exact) mass is 261 g/mol. The van der Waals surface area contributed by atoms with Crippen LogP contribution in [0.3, 0.4) is 0 Å². The maximum absolute atomic E-state index is 4.64. The minimum absolute atomic E-state index is 0.364. The van der Waals surface area contributed by atoms with Gasteiger partial charge >= 0.3 is 0 Å². The van der Waals surface area contributed by atoms with E-state index >= 15 is 0 Å². The van der Waals surface area contributed by atoms with Crippen LogP contribution in [-0.4, -0.2) is 24.6 Å². The molecule has 19 heavy (non-hydrogen) atoms. The molecule has 0 amide bonds. The second kappa shape index (κ2) is 5.91. The second-order valence-corrected chi connectivity index (χ2v) is 6.35. The van der Waals surface area contributed by atoms with Crippen LogP contribution in [0.2, 0.25) is 0 Å². The highest BCUT2D eigenvalue weighted by atomic mass is 15.2. The minimum Gasteiger partial charge on any atom is -0.356 e. The lowest BCUT2D eigenvalue weighted by Crippen LogP contribution is -2.38. The Balaban J connectivity index is 2.16. The molecule has 2 heterocycles. The van der Waals surface area contributed by atoms with Crippen LogP contribution in [0.4, 0.5) is 5.82 Å². The van der Waals surface area contributed by atoms with Crippen molar-refractivity contribution in [2.45, 2.75) is 46.6 Å². The average Bonchev–Trinajstić information content (AvgIpc) is 2.39. The average molecular weight is 261 g/mol. The minimum atomic E-state index is 0.364. The maximum atomic E-state index is 4.64. The molecule has 3 heteroatoms. The van der Waals surface area contributed by atoms with Gasteiger partial charge in [0.1, 0.15) is 5.82 Å². The van der Waals surface area contributed by atoms with Gasteiger partial charge in [-0.25, -0.2) is 4.98 Å².